The summed E-state index contributed by atoms with van der Waals surface area (Å²) in [7, 11) is 0. The molecule has 1 heterocycles. The standard InChI is InChI=1S/C16H29N3/c1-2-3-9-14(10-6-7-12-16(17)18)15-11-5-4-8-13-19-15/h4-5,8,11,13-14,16,19H,2-3,6-7,9-10,12,17-18H2,1H3. The number of hydrogen-bond donors (Lipinski definition) is 3. The normalized spacial score (nSPS) is 16.1. The topological polar surface area (TPSA) is 64.1 Å². The number of nitrogens with two attached hydrogens (primary N) is 2. The zero-order chi connectivity index (χ0) is 13.9. The Labute approximate surface area is 117 Å². The van der Waals surface area contributed by atoms with Crippen molar-refractivity contribution in [2.75, 3.05) is 0 Å². The summed E-state index contributed by atoms with van der Waals surface area (Å²) in [6.07, 6.45) is 18.5. The van der Waals surface area contributed by atoms with Gasteiger partial charge in [0.15, 0.2) is 0 Å². The first-order valence-corrected chi connectivity index (χ1v) is 7.55. The molecule has 5 N–H and O–H groups in total. The minimum atomic E-state index is -0.157. The highest BCUT2D eigenvalue weighted by Crippen LogP contribution is 2.24. The third-order valence-corrected chi connectivity index (χ3v) is 3.53. The molecular formula is C16H29N3. The Hall–Kier alpha value is -1.06. The third-order valence-electron chi connectivity index (χ3n) is 3.53. The summed E-state index contributed by atoms with van der Waals surface area (Å²) in [4.78, 5) is 0. The minimum Gasteiger partial charge on any atom is -0.365 e. The fraction of sp³-hybridized carbons (Fsp3) is 0.625. The molecule has 1 rings (SSSR count). The highest BCUT2D eigenvalue weighted by molar-refractivity contribution is 5.22. The van der Waals surface area contributed by atoms with E-state index in [9.17, 15) is 0 Å². The van der Waals surface area contributed by atoms with Crippen LogP contribution in [0.2, 0.25) is 0 Å². The van der Waals surface area contributed by atoms with Crippen molar-refractivity contribution >= 4 is 0 Å². The van der Waals surface area contributed by atoms with Crippen LogP contribution in [0.1, 0.15) is 51.9 Å². The first kappa shape index (κ1) is 16.0. The first-order valence-electron chi connectivity index (χ1n) is 7.55. The largest absolute Gasteiger partial charge is 0.365 e. The second-order valence-corrected chi connectivity index (χ2v) is 5.30. The molecule has 1 unspecified atom stereocenters. The van der Waals surface area contributed by atoms with E-state index < -0.39 is 0 Å². The maximum atomic E-state index is 5.59. The Kier molecular flexibility index (Phi) is 8.26. The first-order chi connectivity index (χ1) is 9.24. The Morgan fingerprint density at radius 2 is 1.74 bits per heavy atom. The second kappa shape index (κ2) is 9.82. The van der Waals surface area contributed by atoms with Crippen LogP contribution < -0.4 is 16.8 Å². The average Bonchev–Trinajstić information content (AvgIpc) is 2.66. The van der Waals surface area contributed by atoms with Gasteiger partial charge < -0.3 is 16.8 Å². The number of allylic oxidation sites excluding steroid dienone is 5. The molecule has 1 aliphatic heterocycles. The lowest BCUT2D eigenvalue weighted by Crippen LogP contribution is -2.29. The molecule has 0 aromatic heterocycles. The summed E-state index contributed by atoms with van der Waals surface area (Å²) in [6, 6.07) is 0. The van der Waals surface area contributed by atoms with Crippen LogP contribution in [0.3, 0.4) is 0 Å². The molecule has 0 radical (unpaired) electrons. The Morgan fingerprint density at radius 3 is 2.47 bits per heavy atom. The van der Waals surface area contributed by atoms with Gasteiger partial charge in [-0.2, -0.15) is 0 Å². The monoisotopic (exact) mass is 263 g/mol. The highest BCUT2D eigenvalue weighted by Gasteiger charge is 2.13. The lowest BCUT2D eigenvalue weighted by molar-refractivity contribution is 0.444. The number of rotatable bonds is 9. The summed E-state index contributed by atoms with van der Waals surface area (Å²) in [6.45, 7) is 2.25. The van der Waals surface area contributed by atoms with Gasteiger partial charge in [0.1, 0.15) is 0 Å². The van der Waals surface area contributed by atoms with Gasteiger partial charge in [-0.25, -0.2) is 0 Å². The third kappa shape index (κ3) is 7.19. The van der Waals surface area contributed by atoms with Crippen LogP contribution in [0.15, 0.2) is 36.2 Å². The zero-order valence-electron chi connectivity index (χ0n) is 12.1. The molecule has 0 saturated heterocycles. The molecule has 0 spiro atoms. The molecule has 0 bridgehead atoms. The van der Waals surface area contributed by atoms with Crippen molar-refractivity contribution in [3.05, 3.63) is 36.2 Å². The summed E-state index contributed by atoms with van der Waals surface area (Å²) in [5, 5.41) is 3.41. The van der Waals surface area contributed by atoms with Gasteiger partial charge >= 0.3 is 0 Å². The summed E-state index contributed by atoms with van der Waals surface area (Å²) >= 11 is 0. The number of hydrogen-bond acceptors (Lipinski definition) is 3. The molecular weight excluding hydrogens is 234 g/mol. The Morgan fingerprint density at radius 1 is 1.00 bits per heavy atom. The summed E-state index contributed by atoms with van der Waals surface area (Å²) in [5.74, 6) is 0.626. The molecule has 1 aliphatic rings. The van der Waals surface area contributed by atoms with Crippen LogP contribution >= 0.6 is 0 Å². The predicted octanol–water partition coefficient (Wildman–Crippen LogP) is 3.15. The molecule has 0 aromatic carbocycles. The maximum Gasteiger partial charge on any atom is 0.0520 e. The van der Waals surface area contributed by atoms with E-state index in [0.29, 0.717) is 5.92 Å². The molecule has 3 heteroatoms. The molecule has 3 nitrogen and oxygen atoms in total. The van der Waals surface area contributed by atoms with Crippen molar-refractivity contribution in [3.8, 4) is 0 Å². The van der Waals surface area contributed by atoms with Gasteiger partial charge in [0.25, 0.3) is 0 Å². The van der Waals surface area contributed by atoms with E-state index in [4.69, 9.17) is 11.5 Å². The van der Waals surface area contributed by atoms with Crippen LogP contribution in [0, 0.1) is 5.92 Å². The summed E-state index contributed by atoms with van der Waals surface area (Å²) in [5.41, 5.74) is 12.5. The van der Waals surface area contributed by atoms with Crippen LogP contribution in [-0.4, -0.2) is 6.17 Å². The molecule has 0 aromatic rings. The number of unbranched alkanes of at least 4 members (excludes halogenated alkanes) is 2. The van der Waals surface area contributed by atoms with Gasteiger partial charge in [0, 0.05) is 11.9 Å². The molecule has 19 heavy (non-hydrogen) atoms. The SMILES string of the molecule is CCCCC(CCCCC(N)N)C1=CC=CC=CN1. The van der Waals surface area contributed by atoms with Gasteiger partial charge in [-0.05, 0) is 37.3 Å². The van der Waals surface area contributed by atoms with Gasteiger partial charge in [-0.1, -0.05) is 44.8 Å². The average molecular weight is 263 g/mol. The quantitative estimate of drug-likeness (QED) is 0.442. The van der Waals surface area contributed by atoms with Crippen molar-refractivity contribution in [2.24, 2.45) is 17.4 Å². The molecule has 0 amide bonds. The number of nitrogens with one attached hydrogen (secondary N) is 1. The molecule has 0 saturated carbocycles. The van der Waals surface area contributed by atoms with E-state index in [0.717, 1.165) is 12.8 Å². The van der Waals surface area contributed by atoms with Gasteiger partial charge in [0.05, 0.1) is 6.17 Å². The van der Waals surface area contributed by atoms with Crippen LogP contribution in [-0.2, 0) is 0 Å². The lowest BCUT2D eigenvalue weighted by Gasteiger charge is -2.20. The molecule has 1 atom stereocenters. The molecule has 0 fully saturated rings. The Bertz CT molecular complexity index is 316. The van der Waals surface area contributed by atoms with Crippen molar-refractivity contribution in [2.45, 2.75) is 58.0 Å². The Balaban J connectivity index is 2.44. The summed E-state index contributed by atoms with van der Waals surface area (Å²) < 4.78 is 0. The van der Waals surface area contributed by atoms with Crippen molar-refractivity contribution in [1.82, 2.24) is 5.32 Å². The fourth-order valence-corrected chi connectivity index (χ4v) is 2.40. The van der Waals surface area contributed by atoms with Crippen LogP contribution in [0.25, 0.3) is 0 Å². The second-order valence-electron chi connectivity index (χ2n) is 5.30. The zero-order valence-corrected chi connectivity index (χ0v) is 12.1. The van der Waals surface area contributed by atoms with Crippen molar-refractivity contribution in [3.63, 3.8) is 0 Å². The van der Waals surface area contributed by atoms with E-state index in [1.54, 1.807) is 0 Å². The highest BCUT2D eigenvalue weighted by atomic mass is 14.9. The van der Waals surface area contributed by atoms with Gasteiger partial charge in [-0.3, -0.25) is 0 Å². The maximum absolute atomic E-state index is 5.59. The van der Waals surface area contributed by atoms with E-state index in [1.165, 1.54) is 37.8 Å². The van der Waals surface area contributed by atoms with E-state index in [2.05, 4.69) is 30.5 Å². The smallest absolute Gasteiger partial charge is 0.0520 e. The van der Waals surface area contributed by atoms with E-state index >= 15 is 0 Å². The molecule has 0 aliphatic carbocycles. The predicted molar refractivity (Wildman–Crippen MR) is 83.1 cm³/mol. The van der Waals surface area contributed by atoms with Crippen molar-refractivity contribution in [1.29, 1.82) is 0 Å². The van der Waals surface area contributed by atoms with Gasteiger partial charge in [-0.15, -0.1) is 0 Å². The fourth-order valence-electron chi connectivity index (χ4n) is 2.40. The van der Waals surface area contributed by atoms with Crippen LogP contribution in [0.5, 0.6) is 0 Å². The molecule has 108 valence electrons. The van der Waals surface area contributed by atoms with Crippen LogP contribution in [0.4, 0.5) is 0 Å². The minimum absolute atomic E-state index is 0.157. The van der Waals surface area contributed by atoms with E-state index in [1.807, 2.05) is 12.3 Å². The van der Waals surface area contributed by atoms with E-state index in [-0.39, 0.29) is 6.17 Å². The van der Waals surface area contributed by atoms with Crippen molar-refractivity contribution < 1.29 is 0 Å². The lowest BCUT2D eigenvalue weighted by atomic mass is 9.92. The van der Waals surface area contributed by atoms with Gasteiger partial charge in [0.2, 0.25) is 0 Å².